The fourth-order valence-electron chi connectivity index (χ4n) is 3.72. The lowest BCUT2D eigenvalue weighted by Gasteiger charge is -2.12. The zero-order valence-corrected chi connectivity index (χ0v) is 19.7. The van der Waals surface area contributed by atoms with Crippen molar-refractivity contribution >= 4 is 57.0 Å². The lowest BCUT2D eigenvalue weighted by Crippen LogP contribution is -2.24. The summed E-state index contributed by atoms with van der Waals surface area (Å²) in [5, 5.41) is 5.67. The first-order valence-electron chi connectivity index (χ1n) is 10.3. The molecule has 4 aromatic rings. The number of nitrogens with one attached hydrogen (secondary N) is 1. The van der Waals surface area contributed by atoms with Crippen molar-refractivity contribution < 1.29 is 4.79 Å². The Morgan fingerprint density at radius 1 is 1.24 bits per heavy atom. The molecule has 7 nitrogen and oxygen atoms in total. The van der Waals surface area contributed by atoms with E-state index in [0.29, 0.717) is 26.9 Å². The SMILES string of the molecule is O=C(CSc1nc2sc3c(c2c(=O)n1-c1ccc(Cl)cc1)CCC3)NN=Cc1ccccn1. The summed E-state index contributed by atoms with van der Waals surface area (Å²) in [5.41, 5.74) is 4.80. The normalized spacial score (nSPS) is 13.0. The maximum Gasteiger partial charge on any atom is 0.267 e. The number of hydrogen-bond acceptors (Lipinski definition) is 7. The molecule has 5 rings (SSSR count). The molecule has 33 heavy (non-hydrogen) atoms. The molecule has 0 unspecified atom stereocenters. The van der Waals surface area contributed by atoms with Crippen LogP contribution in [0.4, 0.5) is 0 Å². The maximum atomic E-state index is 13.6. The van der Waals surface area contributed by atoms with E-state index in [9.17, 15) is 9.59 Å². The van der Waals surface area contributed by atoms with E-state index in [1.54, 1.807) is 58.5 Å². The van der Waals surface area contributed by atoms with Gasteiger partial charge < -0.3 is 0 Å². The number of nitrogens with zero attached hydrogens (tertiary/aromatic N) is 4. The van der Waals surface area contributed by atoms with Crippen molar-refractivity contribution in [3.63, 3.8) is 0 Å². The lowest BCUT2D eigenvalue weighted by molar-refractivity contribution is -0.118. The highest BCUT2D eigenvalue weighted by Gasteiger charge is 2.24. The van der Waals surface area contributed by atoms with E-state index in [-0.39, 0.29) is 17.2 Å². The summed E-state index contributed by atoms with van der Waals surface area (Å²) in [6.45, 7) is 0. The van der Waals surface area contributed by atoms with E-state index in [4.69, 9.17) is 16.6 Å². The van der Waals surface area contributed by atoms with Gasteiger partial charge in [-0.3, -0.25) is 19.1 Å². The smallest absolute Gasteiger partial charge is 0.267 e. The Morgan fingerprint density at radius 3 is 2.88 bits per heavy atom. The van der Waals surface area contributed by atoms with Gasteiger partial charge in [-0.25, -0.2) is 10.4 Å². The molecule has 0 saturated carbocycles. The van der Waals surface area contributed by atoms with Gasteiger partial charge in [0, 0.05) is 16.1 Å². The molecule has 166 valence electrons. The standard InChI is InChI=1S/C23H18ClN5O2S2/c24-14-7-9-16(10-8-14)29-22(31)20-17-5-3-6-18(17)33-21(20)27-23(29)32-13-19(30)28-26-12-15-4-1-2-11-25-15/h1-2,4,7-12H,3,5-6,13H2,(H,28,30). The van der Waals surface area contributed by atoms with Gasteiger partial charge in [0.25, 0.3) is 11.5 Å². The summed E-state index contributed by atoms with van der Waals surface area (Å²) in [6, 6.07) is 12.5. The average Bonchev–Trinajstić information content (AvgIpc) is 3.40. The van der Waals surface area contributed by atoms with Crippen LogP contribution in [-0.4, -0.2) is 32.4 Å². The molecule has 0 fully saturated rings. The van der Waals surface area contributed by atoms with Gasteiger partial charge in [-0.05, 0) is 61.2 Å². The second-order valence-electron chi connectivity index (χ2n) is 7.39. The molecule has 3 aromatic heterocycles. The molecular formula is C23H18ClN5O2S2. The first-order valence-corrected chi connectivity index (χ1v) is 12.5. The van der Waals surface area contributed by atoms with Gasteiger partial charge in [-0.1, -0.05) is 29.4 Å². The number of benzene rings is 1. The van der Waals surface area contributed by atoms with Crippen molar-refractivity contribution in [3.05, 3.63) is 80.2 Å². The van der Waals surface area contributed by atoms with Gasteiger partial charge in [0.05, 0.1) is 28.7 Å². The summed E-state index contributed by atoms with van der Waals surface area (Å²) in [5.74, 6) is -0.256. The number of aryl methyl sites for hydroxylation is 2. The Morgan fingerprint density at radius 2 is 2.09 bits per heavy atom. The number of rotatable bonds is 6. The van der Waals surface area contributed by atoms with Crippen LogP contribution in [0.2, 0.25) is 5.02 Å². The van der Waals surface area contributed by atoms with Gasteiger partial charge in [0.2, 0.25) is 0 Å². The van der Waals surface area contributed by atoms with Crippen molar-refractivity contribution in [2.75, 3.05) is 5.75 Å². The zero-order valence-electron chi connectivity index (χ0n) is 17.3. The zero-order chi connectivity index (χ0) is 22.8. The monoisotopic (exact) mass is 495 g/mol. The highest BCUT2D eigenvalue weighted by molar-refractivity contribution is 7.99. The third-order valence-electron chi connectivity index (χ3n) is 5.20. The highest BCUT2D eigenvalue weighted by Crippen LogP contribution is 2.36. The number of carbonyl (C=O) groups excluding carboxylic acids is 1. The molecule has 0 bridgehead atoms. The highest BCUT2D eigenvalue weighted by atomic mass is 35.5. The van der Waals surface area contributed by atoms with E-state index in [1.165, 1.54) is 22.9 Å². The summed E-state index contributed by atoms with van der Waals surface area (Å²) in [4.78, 5) is 36.8. The Bertz CT molecular complexity index is 1420. The number of thioether (sulfide) groups is 1. The van der Waals surface area contributed by atoms with Crippen molar-refractivity contribution in [1.29, 1.82) is 0 Å². The van der Waals surface area contributed by atoms with E-state index in [1.807, 2.05) is 6.07 Å². The minimum Gasteiger partial charge on any atom is -0.272 e. The molecule has 0 radical (unpaired) electrons. The van der Waals surface area contributed by atoms with Gasteiger partial charge in [-0.15, -0.1) is 11.3 Å². The van der Waals surface area contributed by atoms with Gasteiger partial charge in [-0.2, -0.15) is 5.10 Å². The molecule has 1 amide bonds. The Kier molecular flexibility index (Phi) is 6.26. The first kappa shape index (κ1) is 21.8. The van der Waals surface area contributed by atoms with Crippen LogP contribution in [-0.2, 0) is 17.6 Å². The number of halogens is 1. The quantitative estimate of drug-likeness (QED) is 0.187. The van der Waals surface area contributed by atoms with Crippen LogP contribution in [0, 0.1) is 0 Å². The van der Waals surface area contributed by atoms with Crippen molar-refractivity contribution in [2.24, 2.45) is 5.10 Å². The summed E-state index contributed by atoms with van der Waals surface area (Å²) < 4.78 is 1.57. The van der Waals surface area contributed by atoms with Crippen molar-refractivity contribution in [1.82, 2.24) is 20.0 Å². The molecule has 0 atom stereocenters. The number of aromatic nitrogens is 3. The van der Waals surface area contributed by atoms with E-state index in [0.717, 1.165) is 29.7 Å². The fourth-order valence-corrected chi connectivity index (χ4v) is 5.96. The lowest BCUT2D eigenvalue weighted by atomic mass is 10.2. The van der Waals surface area contributed by atoms with Crippen molar-refractivity contribution in [2.45, 2.75) is 24.4 Å². The molecule has 1 N–H and O–H groups in total. The third-order valence-corrected chi connectivity index (χ3v) is 7.58. The van der Waals surface area contributed by atoms with Crippen molar-refractivity contribution in [3.8, 4) is 5.69 Å². The molecule has 0 saturated heterocycles. The topological polar surface area (TPSA) is 89.2 Å². The number of pyridine rings is 1. The van der Waals surface area contributed by atoms with E-state index in [2.05, 4.69) is 15.5 Å². The number of thiophene rings is 1. The Balaban J connectivity index is 1.43. The average molecular weight is 496 g/mol. The van der Waals surface area contributed by atoms with Gasteiger partial charge in [0.15, 0.2) is 5.16 Å². The third kappa shape index (κ3) is 4.57. The molecule has 1 aromatic carbocycles. The fraction of sp³-hybridized carbons (Fsp3) is 0.174. The number of hydrazone groups is 1. The minimum absolute atomic E-state index is 0.0518. The van der Waals surface area contributed by atoms with Gasteiger partial charge >= 0.3 is 0 Å². The largest absolute Gasteiger partial charge is 0.272 e. The molecule has 1 aliphatic rings. The summed E-state index contributed by atoms with van der Waals surface area (Å²) in [6.07, 6.45) is 6.07. The van der Waals surface area contributed by atoms with Crippen LogP contribution in [0.1, 0.15) is 22.6 Å². The van der Waals surface area contributed by atoms with E-state index >= 15 is 0 Å². The Hall–Kier alpha value is -3.01. The van der Waals surface area contributed by atoms with Crippen LogP contribution in [0.5, 0.6) is 0 Å². The molecule has 3 heterocycles. The predicted molar refractivity (Wildman–Crippen MR) is 133 cm³/mol. The predicted octanol–water partition coefficient (Wildman–Crippen LogP) is 4.23. The number of carbonyl (C=O) groups is 1. The second kappa shape index (κ2) is 9.46. The Labute approximate surface area is 202 Å². The first-order chi connectivity index (χ1) is 16.1. The minimum atomic E-state index is -0.308. The number of fused-ring (bicyclic) bond motifs is 3. The molecule has 0 aliphatic heterocycles. The molecule has 0 spiro atoms. The molecule has 10 heteroatoms. The summed E-state index contributed by atoms with van der Waals surface area (Å²) in [7, 11) is 0. The van der Waals surface area contributed by atoms with Crippen LogP contribution in [0.25, 0.3) is 15.9 Å². The van der Waals surface area contributed by atoms with Crippen LogP contribution < -0.4 is 11.0 Å². The van der Waals surface area contributed by atoms with E-state index < -0.39 is 0 Å². The van der Waals surface area contributed by atoms with Crippen LogP contribution >= 0.6 is 34.7 Å². The second-order valence-corrected chi connectivity index (χ2v) is 9.85. The number of hydrogen-bond donors (Lipinski definition) is 1. The van der Waals surface area contributed by atoms with Crippen LogP contribution in [0.15, 0.2) is 63.7 Å². The summed E-state index contributed by atoms with van der Waals surface area (Å²) >= 11 is 8.82. The van der Waals surface area contributed by atoms with Crippen LogP contribution in [0.3, 0.4) is 0 Å². The molecular weight excluding hydrogens is 478 g/mol. The maximum absolute atomic E-state index is 13.6. The number of amides is 1. The van der Waals surface area contributed by atoms with Gasteiger partial charge in [0.1, 0.15) is 4.83 Å². The molecule has 1 aliphatic carbocycles.